The summed E-state index contributed by atoms with van der Waals surface area (Å²) in [6.45, 7) is 2.11. The second kappa shape index (κ2) is 6.06. The number of allylic oxidation sites excluding steroid dienone is 4. The van der Waals surface area contributed by atoms with Crippen LogP contribution >= 0.6 is 11.3 Å². The highest BCUT2D eigenvalue weighted by Gasteiger charge is 2.16. The Morgan fingerprint density at radius 2 is 2.33 bits per heavy atom. The molecular formula is C17H16N2OS. The van der Waals surface area contributed by atoms with Crippen molar-refractivity contribution in [1.82, 2.24) is 9.78 Å². The molecule has 0 spiro atoms. The SMILES string of the molecule is CC1C=CC=C(C(=O)n2ccc(C=Cc3cccs3)n2)C1. The molecule has 3 rings (SSSR count). The number of carbonyl (C=O) groups excluding carboxylic acids is 1. The fraction of sp³-hybridized carbons (Fsp3) is 0.176. The smallest absolute Gasteiger partial charge is 0.267 e. The molecule has 0 bridgehead atoms. The maximum Gasteiger partial charge on any atom is 0.274 e. The van der Waals surface area contributed by atoms with E-state index in [4.69, 9.17) is 0 Å². The second-order valence-electron chi connectivity index (χ2n) is 5.10. The second-order valence-corrected chi connectivity index (χ2v) is 6.08. The lowest BCUT2D eigenvalue weighted by molar-refractivity contribution is 0.0934. The van der Waals surface area contributed by atoms with Crippen molar-refractivity contribution in [2.24, 2.45) is 5.92 Å². The summed E-state index contributed by atoms with van der Waals surface area (Å²) in [5.74, 6) is 0.365. The Morgan fingerprint density at radius 3 is 3.10 bits per heavy atom. The van der Waals surface area contributed by atoms with Crippen molar-refractivity contribution in [3.05, 3.63) is 64.1 Å². The number of carbonyl (C=O) groups is 1. The van der Waals surface area contributed by atoms with Gasteiger partial charge in [0.2, 0.25) is 0 Å². The summed E-state index contributed by atoms with van der Waals surface area (Å²) in [7, 11) is 0. The van der Waals surface area contributed by atoms with Crippen molar-refractivity contribution in [2.75, 3.05) is 0 Å². The number of aromatic nitrogens is 2. The highest BCUT2D eigenvalue weighted by atomic mass is 32.1. The number of thiophene rings is 1. The van der Waals surface area contributed by atoms with Crippen molar-refractivity contribution in [1.29, 1.82) is 0 Å². The molecule has 1 aliphatic carbocycles. The molecule has 4 heteroatoms. The molecule has 1 aliphatic rings. The Labute approximate surface area is 127 Å². The van der Waals surface area contributed by atoms with Gasteiger partial charge in [-0.2, -0.15) is 5.10 Å². The highest BCUT2D eigenvalue weighted by molar-refractivity contribution is 7.10. The molecule has 3 nitrogen and oxygen atoms in total. The molecule has 0 fully saturated rings. The van der Waals surface area contributed by atoms with Crippen LogP contribution in [0.3, 0.4) is 0 Å². The lowest BCUT2D eigenvalue weighted by Crippen LogP contribution is -2.16. The third-order valence-corrected chi connectivity index (χ3v) is 4.17. The van der Waals surface area contributed by atoms with Gasteiger partial charge in [-0.3, -0.25) is 4.79 Å². The third-order valence-electron chi connectivity index (χ3n) is 3.33. The summed E-state index contributed by atoms with van der Waals surface area (Å²) in [6, 6.07) is 5.91. The van der Waals surface area contributed by atoms with E-state index in [0.29, 0.717) is 5.92 Å². The Balaban J connectivity index is 1.74. The van der Waals surface area contributed by atoms with Crippen LogP contribution < -0.4 is 0 Å². The van der Waals surface area contributed by atoms with Crippen LogP contribution in [0, 0.1) is 5.92 Å². The number of rotatable bonds is 3. The molecular weight excluding hydrogens is 280 g/mol. The molecule has 0 saturated carbocycles. The van der Waals surface area contributed by atoms with Crippen molar-refractivity contribution in [2.45, 2.75) is 13.3 Å². The van der Waals surface area contributed by atoms with Crippen molar-refractivity contribution < 1.29 is 4.79 Å². The van der Waals surface area contributed by atoms with Gasteiger partial charge >= 0.3 is 0 Å². The zero-order valence-electron chi connectivity index (χ0n) is 11.8. The number of nitrogens with zero attached hydrogens (tertiary/aromatic N) is 2. The first kappa shape index (κ1) is 13.8. The zero-order valence-corrected chi connectivity index (χ0v) is 12.6. The van der Waals surface area contributed by atoms with Crippen LogP contribution in [0.25, 0.3) is 12.2 Å². The normalized spacial score (nSPS) is 18.1. The minimum atomic E-state index is -0.0398. The van der Waals surface area contributed by atoms with Crippen LogP contribution in [0.1, 0.15) is 28.7 Å². The molecule has 0 aromatic carbocycles. The summed E-state index contributed by atoms with van der Waals surface area (Å²) < 4.78 is 1.42. The maximum atomic E-state index is 12.4. The van der Waals surface area contributed by atoms with Crippen LogP contribution in [0.2, 0.25) is 0 Å². The summed E-state index contributed by atoms with van der Waals surface area (Å²) >= 11 is 1.67. The quantitative estimate of drug-likeness (QED) is 0.847. The average molecular weight is 296 g/mol. The van der Waals surface area contributed by atoms with Gasteiger partial charge in [0.25, 0.3) is 5.91 Å². The first-order valence-electron chi connectivity index (χ1n) is 6.92. The van der Waals surface area contributed by atoms with Crippen molar-refractivity contribution >= 4 is 29.4 Å². The summed E-state index contributed by atoms with van der Waals surface area (Å²) in [5.41, 5.74) is 1.60. The van der Waals surface area contributed by atoms with Crippen molar-refractivity contribution in [3.63, 3.8) is 0 Å². The molecule has 0 amide bonds. The Hall–Kier alpha value is -2.20. The lowest BCUT2D eigenvalue weighted by atomic mass is 9.95. The molecule has 2 aromatic rings. The molecule has 0 aliphatic heterocycles. The zero-order chi connectivity index (χ0) is 14.7. The van der Waals surface area contributed by atoms with Crippen LogP contribution in [0.5, 0.6) is 0 Å². The van der Waals surface area contributed by atoms with Gasteiger partial charge in [-0.25, -0.2) is 4.68 Å². The molecule has 1 unspecified atom stereocenters. The van der Waals surface area contributed by atoms with Crippen LogP contribution in [-0.2, 0) is 0 Å². The monoisotopic (exact) mass is 296 g/mol. The van der Waals surface area contributed by atoms with E-state index in [2.05, 4.69) is 18.1 Å². The molecule has 1 atom stereocenters. The minimum absolute atomic E-state index is 0.0398. The summed E-state index contributed by atoms with van der Waals surface area (Å²) in [6.07, 6.45) is 12.4. The van der Waals surface area contributed by atoms with Crippen LogP contribution in [0.4, 0.5) is 0 Å². The average Bonchev–Trinajstić information content (AvgIpc) is 3.16. The Bertz CT molecular complexity index is 720. The van der Waals surface area contributed by atoms with Gasteiger partial charge in [-0.05, 0) is 42.0 Å². The first-order valence-corrected chi connectivity index (χ1v) is 7.79. The van der Waals surface area contributed by atoms with Gasteiger partial charge in [0.15, 0.2) is 0 Å². The molecule has 0 radical (unpaired) electrons. The predicted molar refractivity (Wildman–Crippen MR) is 87.1 cm³/mol. The molecule has 106 valence electrons. The van der Waals surface area contributed by atoms with E-state index in [1.54, 1.807) is 17.5 Å². The van der Waals surface area contributed by atoms with Gasteiger partial charge in [0.1, 0.15) is 0 Å². The summed E-state index contributed by atoms with van der Waals surface area (Å²) in [5, 5.41) is 6.36. The van der Waals surface area contributed by atoms with Gasteiger partial charge in [-0.15, -0.1) is 11.3 Å². The first-order chi connectivity index (χ1) is 10.2. The van der Waals surface area contributed by atoms with E-state index in [9.17, 15) is 4.79 Å². The molecule has 0 saturated heterocycles. The minimum Gasteiger partial charge on any atom is -0.267 e. The highest BCUT2D eigenvalue weighted by Crippen LogP contribution is 2.19. The molecule has 21 heavy (non-hydrogen) atoms. The number of hydrogen-bond donors (Lipinski definition) is 0. The van der Waals surface area contributed by atoms with Gasteiger partial charge in [0.05, 0.1) is 5.69 Å². The Morgan fingerprint density at radius 1 is 1.43 bits per heavy atom. The number of hydrogen-bond acceptors (Lipinski definition) is 3. The summed E-state index contributed by atoms with van der Waals surface area (Å²) in [4.78, 5) is 13.5. The van der Waals surface area contributed by atoms with Crippen molar-refractivity contribution in [3.8, 4) is 0 Å². The van der Waals surface area contributed by atoms with Gasteiger partial charge < -0.3 is 0 Å². The van der Waals surface area contributed by atoms with Crippen LogP contribution in [-0.4, -0.2) is 15.7 Å². The standard InChI is InChI=1S/C17H16N2OS/c1-13-4-2-5-14(12-13)17(20)19-10-9-15(18-19)7-8-16-6-3-11-21-16/h2-11,13H,12H2,1H3. The lowest BCUT2D eigenvalue weighted by Gasteiger charge is -2.12. The van der Waals surface area contributed by atoms with E-state index in [1.807, 2.05) is 47.9 Å². The molecule has 2 heterocycles. The maximum absolute atomic E-state index is 12.4. The van der Waals surface area contributed by atoms with Gasteiger partial charge in [-0.1, -0.05) is 31.2 Å². The van der Waals surface area contributed by atoms with E-state index < -0.39 is 0 Å². The van der Waals surface area contributed by atoms with E-state index in [1.165, 1.54) is 9.56 Å². The largest absolute Gasteiger partial charge is 0.274 e. The topological polar surface area (TPSA) is 34.9 Å². The van der Waals surface area contributed by atoms with E-state index in [-0.39, 0.29) is 5.91 Å². The third kappa shape index (κ3) is 3.28. The van der Waals surface area contributed by atoms with E-state index in [0.717, 1.165) is 17.7 Å². The fourth-order valence-corrected chi connectivity index (χ4v) is 2.86. The van der Waals surface area contributed by atoms with Crippen LogP contribution in [0.15, 0.2) is 53.6 Å². The molecule has 2 aromatic heterocycles. The molecule has 0 N–H and O–H groups in total. The fourth-order valence-electron chi connectivity index (χ4n) is 2.24. The Kier molecular flexibility index (Phi) is 3.97. The van der Waals surface area contributed by atoms with E-state index >= 15 is 0 Å². The van der Waals surface area contributed by atoms with Gasteiger partial charge in [0, 0.05) is 16.6 Å². The predicted octanol–water partition coefficient (Wildman–Crippen LogP) is 4.28.